The molecule has 0 spiro atoms. The Balaban J connectivity index is 2.26. The lowest BCUT2D eigenvalue weighted by Crippen LogP contribution is -1.92. The zero-order valence-electron chi connectivity index (χ0n) is 8.34. The van der Waals surface area contributed by atoms with Crippen LogP contribution in [0, 0.1) is 0 Å². The number of imidazole rings is 1. The number of rotatable bonds is 1. The summed E-state index contributed by atoms with van der Waals surface area (Å²) >= 11 is 5.92. The summed E-state index contributed by atoms with van der Waals surface area (Å²) in [6, 6.07) is 9.81. The monoisotopic (exact) mass is 229 g/mol. The summed E-state index contributed by atoms with van der Waals surface area (Å²) in [4.78, 5) is 8.38. The molecule has 0 unspecified atom stereocenters. The van der Waals surface area contributed by atoms with Gasteiger partial charge in [-0.05, 0) is 18.2 Å². The maximum atomic E-state index is 5.92. The molecule has 2 aromatic heterocycles. The number of aromatic nitrogens is 3. The highest BCUT2D eigenvalue weighted by Gasteiger charge is 2.03. The van der Waals surface area contributed by atoms with Gasteiger partial charge < -0.3 is 0 Å². The van der Waals surface area contributed by atoms with Crippen LogP contribution in [0.25, 0.3) is 16.7 Å². The van der Waals surface area contributed by atoms with Crippen molar-refractivity contribution in [2.45, 2.75) is 0 Å². The molecule has 0 saturated carbocycles. The molecule has 1 aromatic carbocycles. The average Bonchev–Trinajstić information content (AvgIpc) is 2.72. The maximum Gasteiger partial charge on any atom is 0.100 e. The number of pyridine rings is 1. The highest BCUT2D eigenvalue weighted by Crippen LogP contribution is 2.19. The Kier molecular flexibility index (Phi) is 2.11. The molecule has 0 aliphatic carbocycles. The van der Waals surface area contributed by atoms with Gasteiger partial charge in [0.1, 0.15) is 6.33 Å². The molecular weight excluding hydrogens is 222 g/mol. The summed E-state index contributed by atoms with van der Waals surface area (Å²) in [5.41, 5.74) is 2.93. The van der Waals surface area contributed by atoms with Crippen molar-refractivity contribution in [3.63, 3.8) is 0 Å². The molecule has 0 saturated heterocycles. The Hall–Kier alpha value is -1.87. The van der Waals surface area contributed by atoms with Crippen LogP contribution in [-0.2, 0) is 0 Å². The highest BCUT2D eigenvalue weighted by molar-refractivity contribution is 6.30. The lowest BCUT2D eigenvalue weighted by atomic mass is 10.3. The molecule has 0 fully saturated rings. The van der Waals surface area contributed by atoms with Crippen LogP contribution < -0.4 is 0 Å². The van der Waals surface area contributed by atoms with Crippen LogP contribution in [0.15, 0.2) is 49.1 Å². The fourth-order valence-electron chi connectivity index (χ4n) is 1.70. The molecule has 2 heterocycles. The second kappa shape index (κ2) is 3.61. The van der Waals surface area contributed by atoms with Gasteiger partial charge in [0, 0.05) is 6.20 Å². The Morgan fingerprint density at radius 3 is 2.88 bits per heavy atom. The molecule has 16 heavy (non-hydrogen) atoms. The quantitative estimate of drug-likeness (QED) is 0.642. The minimum Gasteiger partial charge on any atom is -0.297 e. The molecular formula is C12H8ClN3. The van der Waals surface area contributed by atoms with E-state index in [2.05, 4.69) is 9.97 Å². The maximum absolute atomic E-state index is 5.92. The largest absolute Gasteiger partial charge is 0.297 e. The van der Waals surface area contributed by atoms with Crippen molar-refractivity contribution in [3.8, 4) is 5.69 Å². The number of benzene rings is 1. The standard InChI is InChI=1S/C12H8ClN3/c13-9-5-10(7-14-6-9)16-8-15-11-3-1-2-4-12(11)16/h1-8H. The molecule has 0 aliphatic rings. The second-order valence-corrected chi connectivity index (χ2v) is 3.90. The Morgan fingerprint density at radius 2 is 2.00 bits per heavy atom. The van der Waals surface area contributed by atoms with E-state index in [1.165, 1.54) is 0 Å². The average molecular weight is 230 g/mol. The fourth-order valence-corrected chi connectivity index (χ4v) is 1.87. The van der Waals surface area contributed by atoms with Crippen LogP contribution in [0.5, 0.6) is 0 Å². The van der Waals surface area contributed by atoms with Crippen molar-refractivity contribution in [2.24, 2.45) is 0 Å². The van der Waals surface area contributed by atoms with Crippen molar-refractivity contribution in [2.75, 3.05) is 0 Å². The van der Waals surface area contributed by atoms with Crippen molar-refractivity contribution in [1.82, 2.24) is 14.5 Å². The molecule has 0 bridgehead atoms. The van der Waals surface area contributed by atoms with Crippen molar-refractivity contribution >= 4 is 22.6 Å². The van der Waals surface area contributed by atoms with Crippen LogP contribution in [0.2, 0.25) is 5.02 Å². The molecule has 4 heteroatoms. The highest BCUT2D eigenvalue weighted by atomic mass is 35.5. The van der Waals surface area contributed by atoms with E-state index >= 15 is 0 Å². The first kappa shape index (κ1) is 9.36. The van der Waals surface area contributed by atoms with Crippen molar-refractivity contribution in [3.05, 3.63) is 54.1 Å². The number of hydrogen-bond donors (Lipinski definition) is 0. The van der Waals surface area contributed by atoms with Crippen LogP contribution >= 0.6 is 11.6 Å². The second-order valence-electron chi connectivity index (χ2n) is 3.46. The fraction of sp³-hybridized carbons (Fsp3) is 0. The van der Waals surface area contributed by atoms with E-state index in [1.807, 2.05) is 34.9 Å². The molecule has 0 aliphatic heterocycles. The third-order valence-electron chi connectivity index (χ3n) is 2.42. The van der Waals surface area contributed by atoms with Gasteiger partial charge in [-0.1, -0.05) is 23.7 Å². The smallest absolute Gasteiger partial charge is 0.100 e. The van der Waals surface area contributed by atoms with Gasteiger partial charge in [-0.25, -0.2) is 4.98 Å². The van der Waals surface area contributed by atoms with E-state index in [0.29, 0.717) is 5.02 Å². The zero-order chi connectivity index (χ0) is 11.0. The summed E-state index contributed by atoms with van der Waals surface area (Å²) < 4.78 is 1.97. The summed E-state index contributed by atoms with van der Waals surface area (Å²) in [7, 11) is 0. The SMILES string of the molecule is Clc1cncc(-n2cnc3ccccc32)c1. The number of nitrogens with zero attached hydrogens (tertiary/aromatic N) is 3. The first-order valence-corrected chi connectivity index (χ1v) is 5.25. The van der Waals surface area contributed by atoms with Gasteiger partial charge in [-0.3, -0.25) is 9.55 Å². The summed E-state index contributed by atoms with van der Waals surface area (Å²) in [6.07, 6.45) is 5.15. The molecule has 0 radical (unpaired) electrons. The Labute approximate surface area is 97.3 Å². The van der Waals surface area contributed by atoms with Crippen LogP contribution in [0.4, 0.5) is 0 Å². The summed E-state index contributed by atoms with van der Waals surface area (Å²) in [6.45, 7) is 0. The van der Waals surface area contributed by atoms with E-state index in [1.54, 1.807) is 18.7 Å². The lowest BCUT2D eigenvalue weighted by molar-refractivity contribution is 1.07. The Morgan fingerprint density at radius 1 is 1.12 bits per heavy atom. The third-order valence-corrected chi connectivity index (χ3v) is 2.63. The topological polar surface area (TPSA) is 30.7 Å². The molecule has 3 nitrogen and oxygen atoms in total. The van der Waals surface area contributed by atoms with E-state index < -0.39 is 0 Å². The van der Waals surface area contributed by atoms with E-state index in [-0.39, 0.29) is 0 Å². The molecule has 0 N–H and O–H groups in total. The first-order valence-electron chi connectivity index (χ1n) is 4.87. The Bertz CT molecular complexity index is 645. The molecule has 0 amide bonds. The normalized spacial score (nSPS) is 10.8. The minimum atomic E-state index is 0.621. The lowest BCUT2D eigenvalue weighted by Gasteiger charge is -2.03. The third kappa shape index (κ3) is 1.46. The van der Waals surface area contributed by atoms with Gasteiger partial charge in [-0.2, -0.15) is 0 Å². The van der Waals surface area contributed by atoms with E-state index in [9.17, 15) is 0 Å². The number of para-hydroxylation sites is 2. The van der Waals surface area contributed by atoms with E-state index in [0.717, 1.165) is 16.7 Å². The van der Waals surface area contributed by atoms with Crippen LogP contribution in [0.1, 0.15) is 0 Å². The van der Waals surface area contributed by atoms with Gasteiger partial charge in [0.2, 0.25) is 0 Å². The molecule has 3 rings (SSSR count). The van der Waals surface area contributed by atoms with Crippen molar-refractivity contribution in [1.29, 1.82) is 0 Å². The summed E-state index contributed by atoms with van der Waals surface area (Å²) in [5, 5.41) is 0.621. The van der Waals surface area contributed by atoms with Gasteiger partial charge in [0.05, 0.1) is 27.9 Å². The van der Waals surface area contributed by atoms with Crippen LogP contribution in [-0.4, -0.2) is 14.5 Å². The minimum absolute atomic E-state index is 0.621. The number of hydrogen-bond acceptors (Lipinski definition) is 2. The first-order chi connectivity index (χ1) is 7.84. The molecule has 3 aromatic rings. The predicted octanol–water partition coefficient (Wildman–Crippen LogP) is 3.07. The van der Waals surface area contributed by atoms with E-state index in [4.69, 9.17) is 11.6 Å². The van der Waals surface area contributed by atoms with Gasteiger partial charge >= 0.3 is 0 Å². The summed E-state index contributed by atoms with van der Waals surface area (Å²) in [5.74, 6) is 0. The van der Waals surface area contributed by atoms with Crippen molar-refractivity contribution < 1.29 is 0 Å². The molecule has 0 atom stereocenters. The zero-order valence-corrected chi connectivity index (χ0v) is 9.09. The van der Waals surface area contributed by atoms with Gasteiger partial charge in [0.15, 0.2) is 0 Å². The molecule has 78 valence electrons. The predicted molar refractivity (Wildman–Crippen MR) is 63.9 cm³/mol. The van der Waals surface area contributed by atoms with Gasteiger partial charge in [-0.15, -0.1) is 0 Å². The van der Waals surface area contributed by atoms with Crippen LogP contribution in [0.3, 0.4) is 0 Å². The number of halogens is 1. The van der Waals surface area contributed by atoms with Gasteiger partial charge in [0.25, 0.3) is 0 Å². The number of fused-ring (bicyclic) bond motifs is 1.